The molecule has 2 rings (SSSR count). The number of likely N-dealkylation sites (N-methyl/N-ethyl adjacent to an activating group) is 1. The zero-order chi connectivity index (χ0) is 13.7. The third-order valence-corrected chi connectivity index (χ3v) is 5.40. The van der Waals surface area contributed by atoms with Gasteiger partial charge in [0.1, 0.15) is 0 Å². The van der Waals surface area contributed by atoms with E-state index in [0.717, 1.165) is 19.1 Å². The van der Waals surface area contributed by atoms with Gasteiger partial charge in [0.05, 0.1) is 6.54 Å². The quantitative estimate of drug-likeness (QED) is 0.840. The number of nitrogens with one attached hydrogen (secondary N) is 1. The first-order valence-corrected chi connectivity index (χ1v) is 8.79. The highest BCUT2D eigenvalue weighted by Crippen LogP contribution is 2.22. The van der Waals surface area contributed by atoms with Crippen molar-refractivity contribution in [3.63, 3.8) is 0 Å². The Labute approximate surface area is 122 Å². The molecule has 110 valence electrons. The first-order valence-electron chi connectivity index (χ1n) is 7.81. The van der Waals surface area contributed by atoms with Gasteiger partial charge in [0.15, 0.2) is 5.17 Å². The Morgan fingerprint density at radius 3 is 2.74 bits per heavy atom. The average Bonchev–Trinajstić information content (AvgIpc) is 2.93. The van der Waals surface area contributed by atoms with Gasteiger partial charge in [-0.3, -0.25) is 4.99 Å². The van der Waals surface area contributed by atoms with Crippen LogP contribution in [0, 0.1) is 5.92 Å². The highest BCUT2D eigenvalue weighted by molar-refractivity contribution is 8.13. The molecular formula is C15H29N3S. The molecule has 2 fully saturated rings. The first kappa shape index (κ1) is 15.2. The van der Waals surface area contributed by atoms with Crippen molar-refractivity contribution in [2.45, 2.75) is 58.0 Å². The fraction of sp³-hybridized carbons (Fsp3) is 0.933. The van der Waals surface area contributed by atoms with Crippen molar-refractivity contribution in [2.24, 2.45) is 10.9 Å². The van der Waals surface area contributed by atoms with Gasteiger partial charge in [-0.1, -0.05) is 38.5 Å². The molecule has 1 aliphatic heterocycles. The van der Waals surface area contributed by atoms with Gasteiger partial charge in [-0.2, -0.15) is 0 Å². The molecule has 0 radical (unpaired) electrons. The Hall–Kier alpha value is -0.220. The smallest absolute Gasteiger partial charge is 0.156 e. The average molecular weight is 283 g/mol. The molecule has 2 aliphatic rings. The fourth-order valence-electron chi connectivity index (χ4n) is 2.98. The molecule has 1 saturated carbocycles. The van der Waals surface area contributed by atoms with Crippen molar-refractivity contribution in [3.8, 4) is 0 Å². The largest absolute Gasteiger partial charge is 0.362 e. The minimum Gasteiger partial charge on any atom is -0.362 e. The number of hydrogen-bond donors (Lipinski definition) is 1. The molecule has 0 spiro atoms. The lowest BCUT2D eigenvalue weighted by Crippen LogP contribution is -2.41. The van der Waals surface area contributed by atoms with E-state index in [1.54, 1.807) is 0 Å². The molecule has 4 heteroatoms. The summed E-state index contributed by atoms with van der Waals surface area (Å²) in [6, 6.07) is 1.43. The van der Waals surface area contributed by atoms with Gasteiger partial charge in [0.2, 0.25) is 0 Å². The van der Waals surface area contributed by atoms with Gasteiger partial charge in [-0.25, -0.2) is 0 Å². The third kappa shape index (κ3) is 4.67. The molecule has 1 heterocycles. The monoisotopic (exact) mass is 283 g/mol. The highest BCUT2D eigenvalue weighted by atomic mass is 32.2. The molecule has 0 aromatic carbocycles. The zero-order valence-corrected chi connectivity index (χ0v) is 13.5. The molecule has 1 N–H and O–H groups in total. The molecular weight excluding hydrogens is 254 g/mol. The molecule has 0 aromatic rings. The predicted octanol–water partition coefficient (Wildman–Crippen LogP) is 2.97. The highest BCUT2D eigenvalue weighted by Gasteiger charge is 2.21. The van der Waals surface area contributed by atoms with E-state index in [2.05, 4.69) is 31.1 Å². The van der Waals surface area contributed by atoms with Crippen molar-refractivity contribution in [3.05, 3.63) is 0 Å². The van der Waals surface area contributed by atoms with Crippen molar-refractivity contribution in [1.29, 1.82) is 0 Å². The van der Waals surface area contributed by atoms with E-state index in [9.17, 15) is 0 Å². The molecule has 1 atom stereocenters. The maximum absolute atomic E-state index is 4.75. The summed E-state index contributed by atoms with van der Waals surface area (Å²) < 4.78 is 0. The van der Waals surface area contributed by atoms with Crippen LogP contribution in [0.25, 0.3) is 0 Å². The Morgan fingerprint density at radius 2 is 2.05 bits per heavy atom. The molecule has 3 nitrogen and oxygen atoms in total. The van der Waals surface area contributed by atoms with Gasteiger partial charge in [-0.15, -0.1) is 0 Å². The van der Waals surface area contributed by atoms with Crippen molar-refractivity contribution in [1.82, 2.24) is 10.2 Å². The lowest BCUT2D eigenvalue weighted by Gasteiger charge is -2.28. The minimum atomic E-state index is 0.618. The molecule has 0 aromatic heterocycles. The predicted molar refractivity (Wildman–Crippen MR) is 86.0 cm³/mol. The summed E-state index contributed by atoms with van der Waals surface area (Å²) in [5.74, 6) is 1.92. The van der Waals surface area contributed by atoms with Gasteiger partial charge >= 0.3 is 0 Å². The summed E-state index contributed by atoms with van der Waals surface area (Å²) in [7, 11) is 2.26. The van der Waals surface area contributed by atoms with Crippen LogP contribution in [0.4, 0.5) is 0 Å². The second-order valence-electron chi connectivity index (χ2n) is 6.24. The van der Waals surface area contributed by atoms with Crippen LogP contribution in [0.3, 0.4) is 0 Å². The maximum atomic E-state index is 4.75. The van der Waals surface area contributed by atoms with Crippen LogP contribution < -0.4 is 5.32 Å². The Bertz CT molecular complexity index is 298. The second kappa shape index (κ2) is 7.53. The molecule has 1 saturated heterocycles. The first-order chi connectivity index (χ1) is 9.16. The Morgan fingerprint density at radius 1 is 1.32 bits per heavy atom. The standard InChI is InChI=1S/C15H29N3S/c1-12(2)14-8-11-19-15(17-14)16-9-10-18(3)13-6-4-5-7-13/h12-14H,4-11H2,1-3H3,(H,16,17). The Balaban J connectivity index is 1.72. The van der Waals surface area contributed by atoms with Crippen LogP contribution in [0.15, 0.2) is 4.99 Å². The van der Waals surface area contributed by atoms with E-state index in [0.29, 0.717) is 12.0 Å². The van der Waals surface area contributed by atoms with Crippen LogP contribution in [-0.2, 0) is 0 Å². The summed E-state index contributed by atoms with van der Waals surface area (Å²) in [6.07, 6.45) is 6.86. The number of nitrogens with zero attached hydrogens (tertiary/aromatic N) is 2. The van der Waals surface area contributed by atoms with E-state index in [4.69, 9.17) is 4.99 Å². The molecule has 19 heavy (non-hydrogen) atoms. The Kier molecular flexibility index (Phi) is 6.02. The van der Waals surface area contributed by atoms with Crippen LogP contribution in [-0.4, -0.2) is 48.0 Å². The normalized spacial score (nSPS) is 27.4. The van der Waals surface area contributed by atoms with Crippen molar-refractivity contribution >= 4 is 16.9 Å². The molecule has 1 aliphatic carbocycles. The van der Waals surface area contributed by atoms with Gasteiger partial charge in [-0.05, 0) is 32.2 Å². The molecule has 1 unspecified atom stereocenters. The van der Waals surface area contributed by atoms with E-state index < -0.39 is 0 Å². The van der Waals surface area contributed by atoms with E-state index in [-0.39, 0.29) is 0 Å². The lowest BCUT2D eigenvalue weighted by atomic mass is 10.0. The summed E-state index contributed by atoms with van der Waals surface area (Å²) in [5, 5.41) is 4.76. The second-order valence-corrected chi connectivity index (χ2v) is 7.32. The number of rotatable bonds is 5. The summed E-state index contributed by atoms with van der Waals surface area (Å²) in [5.41, 5.74) is 0. The summed E-state index contributed by atoms with van der Waals surface area (Å²) >= 11 is 1.89. The van der Waals surface area contributed by atoms with E-state index in [1.165, 1.54) is 43.0 Å². The van der Waals surface area contributed by atoms with Crippen molar-refractivity contribution < 1.29 is 0 Å². The lowest BCUT2D eigenvalue weighted by molar-refractivity contribution is 0.252. The SMILES string of the molecule is CC(C)C1CCSC(=NCCN(C)C2CCCC2)N1. The van der Waals surface area contributed by atoms with Gasteiger partial charge in [0.25, 0.3) is 0 Å². The number of hydrogen-bond acceptors (Lipinski definition) is 3. The number of thioether (sulfide) groups is 1. The molecule has 0 bridgehead atoms. The summed E-state index contributed by atoms with van der Waals surface area (Å²) in [4.78, 5) is 7.26. The van der Waals surface area contributed by atoms with Crippen LogP contribution in [0.2, 0.25) is 0 Å². The third-order valence-electron chi connectivity index (χ3n) is 4.44. The summed E-state index contributed by atoms with van der Waals surface area (Å²) in [6.45, 7) is 6.62. The van der Waals surface area contributed by atoms with Crippen LogP contribution in [0.5, 0.6) is 0 Å². The van der Waals surface area contributed by atoms with Crippen LogP contribution >= 0.6 is 11.8 Å². The van der Waals surface area contributed by atoms with E-state index >= 15 is 0 Å². The van der Waals surface area contributed by atoms with Crippen molar-refractivity contribution in [2.75, 3.05) is 25.9 Å². The number of amidine groups is 1. The van der Waals surface area contributed by atoms with Gasteiger partial charge in [0, 0.05) is 24.4 Å². The fourth-order valence-corrected chi connectivity index (χ4v) is 3.97. The van der Waals surface area contributed by atoms with Gasteiger partial charge < -0.3 is 10.2 Å². The van der Waals surface area contributed by atoms with E-state index in [1.807, 2.05) is 11.8 Å². The maximum Gasteiger partial charge on any atom is 0.156 e. The molecule has 0 amide bonds. The number of aliphatic imine (C=N–C) groups is 1. The zero-order valence-electron chi connectivity index (χ0n) is 12.7. The topological polar surface area (TPSA) is 27.6 Å². The van der Waals surface area contributed by atoms with Crippen LogP contribution in [0.1, 0.15) is 46.0 Å². The minimum absolute atomic E-state index is 0.618.